The molecule has 3 nitrogen and oxygen atoms in total. The molecule has 1 saturated heterocycles. The molecule has 2 amide bonds. The topological polar surface area (TPSA) is 37.4 Å². The number of carbonyl (C=O) groups is 2. The number of rotatable bonds is 1. The van der Waals surface area contributed by atoms with Crippen LogP contribution in [0.1, 0.15) is 19.3 Å². The molecular formula is C6H9NO2S. The Morgan fingerprint density at radius 2 is 1.80 bits per heavy atom. The van der Waals surface area contributed by atoms with Crippen LogP contribution in [0.4, 0.5) is 0 Å². The molecule has 0 saturated carbocycles. The van der Waals surface area contributed by atoms with Crippen LogP contribution in [0.25, 0.3) is 0 Å². The van der Waals surface area contributed by atoms with Gasteiger partial charge < -0.3 is 0 Å². The zero-order chi connectivity index (χ0) is 7.56. The molecule has 0 bridgehead atoms. The van der Waals surface area contributed by atoms with Crippen molar-refractivity contribution in [3.05, 3.63) is 0 Å². The van der Waals surface area contributed by atoms with E-state index in [0.717, 1.165) is 0 Å². The number of nitrogens with zero attached hydrogens (tertiary/aromatic N) is 1. The number of hydrogen-bond donors (Lipinski definition) is 0. The monoisotopic (exact) mass is 159 g/mol. The standard InChI is InChI=1S/C6H9NO2S/c1-10-7-5(8)3-2-4-6(7)9/h2-4H2,1H3. The van der Waals surface area contributed by atoms with Gasteiger partial charge in [0.15, 0.2) is 0 Å². The predicted molar refractivity (Wildman–Crippen MR) is 39.2 cm³/mol. The first-order chi connectivity index (χ1) is 4.75. The molecule has 1 aliphatic rings. The first-order valence-electron chi connectivity index (χ1n) is 3.15. The highest BCUT2D eigenvalue weighted by Crippen LogP contribution is 2.17. The number of imide groups is 1. The summed E-state index contributed by atoms with van der Waals surface area (Å²) in [6.45, 7) is 0. The van der Waals surface area contributed by atoms with Gasteiger partial charge in [0.2, 0.25) is 11.8 Å². The Hall–Kier alpha value is -0.510. The van der Waals surface area contributed by atoms with Crippen molar-refractivity contribution in [2.45, 2.75) is 19.3 Å². The lowest BCUT2D eigenvalue weighted by molar-refractivity contribution is -0.140. The molecule has 0 atom stereocenters. The van der Waals surface area contributed by atoms with E-state index in [9.17, 15) is 9.59 Å². The third kappa shape index (κ3) is 1.31. The van der Waals surface area contributed by atoms with E-state index in [-0.39, 0.29) is 11.8 Å². The number of carbonyl (C=O) groups excluding carboxylic acids is 2. The first-order valence-corrected chi connectivity index (χ1v) is 4.34. The normalized spacial score (nSPS) is 19.9. The Morgan fingerprint density at radius 3 is 2.10 bits per heavy atom. The summed E-state index contributed by atoms with van der Waals surface area (Å²) < 4.78 is 1.24. The Bertz CT molecular complexity index is 153. The molecule has 0 N–H and O–H groups in total. The Balaban J connectivity index is 2.62. The van der Waals surface area contributed by atoms with Crippen LogP contribution >= 0.6 is 11.9 Å². The highest BCUT2D eigenvalue weighted by molar-refractivity contribution is 7.97. The van der Waals surface area contributed by atoms with Gasteiger partial charge in [0, 0.05) is 19.1 Å². The Labute approximate surface area is 63.9 Å². The van der Waals surface area contributed by atoms with Crippen LogP contribution in [0.2, 0.25) is 0 Å². The third-order valence-electron chi connectivity index (χ3n) is 1.42. The maximum Gasteiger partial charge on any atom is 0.239 e. The number of hydrogen-bond acceptors (Lipinski definition) is 3. The molecule has 0 spiro atoms. The summed E-state index contributed by atoms with van der Waals surface area (Å²) in [5.74, 6) is -0.104. The molecule has 1 rings (SSSR count). The van der Waals surface area contributed by atoms with Gasteiger partial charge >= 0.3 is 0 Å². The van der Waals surface area contributed by atoms with Crippen LogP contribution in [0, 0.1) is 0 Å². The maximum atomic E-state index is 10.9. The summed E-state index contributed by atoms with van der Waals surface area (Å²) in [5.41, 5.74) is 0. The summed E-state index contributed by atoms with van der Waals surface area (Å²) in [6.07, 6.45) is 3.50. The fraction of sp³-hybridized carbons (Fsp3) is 0.667. The second-order valence-electron chi connectivity index (χ2n) is 2.12. The van der Waals surface area contributed by atoms with Gasteiger partial charge in [0.05, 0.1) is 0 Å². The zero-order valence-electron chi connectivity index (χ0n) is 5.79. The molecule has 0 aromatic rings. The van der Waals surface area contributed by atoms with E-state index < -0.39 is 0 Å². The molecule has 1 fully saturated rings. The van der Waals surface area contributed by atoms with Crippen LogP contribution in [-0.2, 0) is 9.59 Å². The zero-order valence-corrected chi connectivity index (χ0v) is 6.61. The minimum Gasteiger partial charge on any atom is -0.273 e. The second kappa shape index (κ2) is 3.05. The average Bonchev–Trinajstić information content (AvgIpc) is 1.88. The molecule has 0 aromatic carbocycles. The van der Waals surface area contributed by atoms with Gasteiger partial charge in [0.1, 0.15) is 0 Å². The molecule has 10 heavy (non-hydrogen) atoms. The summed E-state index contributed by atoms with van der Waals surface area (Å²) in [5, 5.41) is 0. The van der Waals surface area contributed by atoms with Crippen LogP contribution < -0.4 is 0 Å². The summed E-state index contributed by atoms with van der Waals surface area (Å²) in [6, 6.07) is 0. The average molecular weight is 159 g/mol. The van der Waals surface area contributed by atoms with Crippen molar-refractivity contribution in [2.75, 3.05) is 6.26 Å². The highest BCUT2D eigenvalue weighted by Gasteiger charge is 2.24. The fourth-order valence-electron chi connectivity index (χ4n) is 0.937. The van der Waals surface area contributed by atoms with Gasteiger partial charge in [-0.2, -0.15) is 0 Å². The van der Waals surface area contributed by atoms with Gasteiger partial charge in [-0.25, -0.2) is 4.31 Å². The smallest absolute Gasteiger partial charge is 0.239 e. The summed E-state index contributed by atoms with van der Waals surface area (Å²) in [4.78, 5) is 21.8. The molecule has 1 heterocycles. The molecule has 1 aliphatic heterocycles. The summed E-state index contributed by atoms with van der Waals surface area (Å²) >= 11 is 1.20. The second-order valence-corrected chi connectivity index (χ2v) is 2.85. The lowest BCUT2D eigenvalue weighted by Crippen LogP contribution is -2.34. The Morgan fingerprint density at radius 1 is 1.30 bits per heavy atom. The lowest BCUT2D eigenvalue weighted by Gasteiger charge is -2.21. The van der Waals surface area contributed by atoms with Gasteiger partial charge in [-0.15, -0.1) is 0 Å². The van der Waals surface area contributed by atoms with E-state index >= 15 is 0 Å². The summed E-state index contributed by atoms with van der Waals surface area (Å²) in [7, 11) is 0. The molecule has 4 heteroatoms. The number of piperidine rings is 1. The molecule has 56 valence electrons. The van der Waals surface area contributed by atoms with Crippen molar-refractivity contribution in [3.8, 4) is 0 Å². The van der Waals surface area contributed by atoms with Crippen LogP contribution in [0.15, 0.2) is 0 Å². The van der Waals surface area contributed by atoms with Crippen LogP contribution in [0.3, 0.4) is 0 Å². The van der Waals surface area contributed by atoms with Crippen molar-refractivity contribution in [3.63, 3.8) is 0 Å². The van der Waals surface area contributed by atoms with Crippen molar-refractivity contribution in [1.82, 2.24) is 4.31 Å². The molecule has 0 unspecified atom stereocenters. The van der Waals surface area contributed by atoms with E-state index in [2.05, 4.69) is 0 Å². The first kappa shape index (κ1) is 7.60. The minimum atomic E-state index is -0.0521. The van der Waals surface area contributed by atoms with Crippen molar-refractivity contribution in [1.29, 1.82) is 0 Å². The lowest BCUT2D eigenvalue weighted by atomic mass is 10.1. The van der Waals surface area contributed by atoms with E-state index in [4.69, 9.17) is 0 Å². The van der Waals surface area contributed by atoms with Gasteiger partial charge in [-0.05, 0) is 18.4 Å². The van der Waals surface area contributed by atoms with E-state index in [0.29, 0.717) is 19.3 Å². The van der Waals surface area contributed by atoms with Gasteiger partial charge in [-0.3, -0.25) is 9.59 Å². The van der Waals surface area contributed by atoms with Crippen molar-refractivity contribution < 1.29 is 9.59 Å². The van der Waals surface area contributed by atoms with E-state index in [1.54, 1.807) is 6.26 Å². The molecule has 0 radical (unpaired) electrons. The number of amides is 2. The van der Waals surface area contributed by atoms with Crippen molar-refractivity contribution >= 4 is 23.8 Å². The highest BCUT2D eigenvalue weighted by atomic mass is 32.2. The van der Waals surface area contributed by atoms with Crippen LogP contribution in [-0.4, -0.2) is 22.4 Å². The quantitative estimate of drug-likeness (QED) is 0.419. The van der Waals surface area contributed by atoms with Gasteiger partial charge in [0.25, 0.3) is 0 Å². The van der Waals surface area contributed by atoms with Crippen LogP contribution in [0.5, 0.6) is 0 Å². The maximum absolute atomic E-state index is 10.9. The van der Waals surface area contributed by atoms with Crippen molar-refractivity contribution in [2.24, 2.45) is 0 Å². The SMILES string of the molecule is CSN1C(=O)CCCC1=O. The van der Waals surface area contributed by atoms with E-state index in [1.807, 2.05) is 0 Å². The molecular weight excluding hydrogens is 150 g/mol. The largest absolute Gasteiger partial charge is 0.273 e. The minimum absolute atomic E-state index is 0.0521. The predicted octanol–water partition coefficient (Wildman–Crippen LogP) is 0.803. The Kier molecular flexibility index (Phi) is 2.32. The molecule has 0 aromatic heterocycles. The fourth-order valence-corrected chi connectivity index (χ4v) is 1.53. The third-order valence-corrected chi connectivity index (χ3v) is 2.19. The molecule has 0 aliphatic carbocycles. The van der Waals surface area contributed by atoms with E-state index in [1.165, 1.54) is 16.3 Å². The van der Waals surface area contributed by atoms with Gasteiger partial charge in [-0.1, -0.05) is 0 Å².